The lowest BCUT2D eigenvalue weighted by molar-refractivity contribution is 0.831. The van der Waals surface area contributed by atoms with Gasteiger partial charge in [-0.05, 0) is 24.3 Å². The Morgan fingerprint density at radius 3 is 2.69 bits per heavy atom. The predicted octanol–water partition coefficient (Wildman–Crippen LogP) is 3.72. The van der Waals surface area contributed by atoms with E-state index in [9.17, 15) is 4.79 Å². The zero-order chi connectivity index (χ0) is 20.0. The van der Waals surface area contributed by atoms with Crippen molar-refractivity contribution in [3.8, 4) is 5.69 Å². The number of nitrogens with zero attached hydrogens (tertiary/aromatic N) is 5. The van der Waals surface area contributed by atoms with Gasteiger partial charge in [-0.15, -0.1) is 0 Å². The lowest BCUT2D eigenvalue weighted by Crippen LogP contribution is -2.25. The van der Waals surface area contributed by atoms with E-state index in [1.54, 1.807) is 36.5 Å². The Labute approximate surface area is 174 Å². The number of thiol groups is 1. The van der Waals surface area contributed by atoms with Crippen LogP contribution >= 0.6 is 24.2 Å². The molecule has 0 fully saturated rings. The summed E-state index contributed by atoms with van der Waals surface area (Å²) in [5.74, 6) is 0.409. The topological polar surface area (TPSA) is 89.3 Å². The highest BCUT2D eigenvalue weighted by Crippen LogP contribution is 2.32. The van der Waals surface area contributed by atoms with E-state index in [0.717, 1.165) is 0 Å². The molecule has 0 saturated heterocycles. The van der Waals surface area contributed by atoms with Gasteiger partial charge in [0.1, 0.15) is 17.4 Å². The maximum absolute atomic E-state index is 13.4. The van der Waals surface area contributed by atoms with Crippen molar-refractivity contribution < 1.29 is 0 Å². The van der Waals surface area contributed by atoms with Crippen LogP contribution < -0.4 is 5.56 Å². The lowest BCUT2D eigenvalue weighted by atomic mass is 10.1. The van der Waals surface area contributed by atoms with E-state index in [1.807, 2.05) is 18.2 Å². The first kappa shape index (κ1) is 17.8. The third-order valence-electron chi connectivity index (χ3n) is 4.68. The van der Waals surface area contributed by atoms with Crippen molar-refractivity contribution in [2.75, 3.05) is 0 Å². The molecule has 1 atom stereocenters. The number of aromatic nitrogens is 6. The maximum Gasteiger partial charge on any atom is 0.266 e. The summed E-state index contributed by atoms with van der Waals surface area (Å²) in [5, 5.41) is 7.86. The molecule has 0 radical (unpaired) electrons. The average molecular weight is 421 g/mol. The quantitative estimate of drug-likeness (QED) is 0.434. The van der Waals surface area contributed by atoms with Crippen LogP contribution in [0.3, 0.4) is 0 Å². The van der Waals surface area contributed by atoms with Crippen molar-refractivity contribution in [1.82, 2.24) is 29.7 Å². The Hall–Kier alpha value is -3.23. The van der Waals surface area contributed by atoms with E-state index in [1.165, 1.54) is 10.9 Å². The number of aromatic amines is 1. The van der Waals surface area contributed by atoms with Crippen LogP contribution in [-0.2, 0) is 0 Å². The van der Waals surface area contributed by atoms with Gasteiger partial charge in [-0.25, -0.2) is 15.0 Å². The summed E-state index contributed by atoms with van der Waals surface area (Å²) in [6.07, 6.45) is 3.06. The summed E-state index contributed by atoms with van der Waals surface area (Å²) in [6, 6.07) is 14.3. The van der Waals surface area contributed by atoms with Crippen molar-refractivity contribution in [1.29, 1.82) is 0 Å². The first-order chi connectivity index (χ1) is 14.1. The molecule has 2 aromatic carbocycles. The molecule has 5 rings (SSSR count). The van der Waals surface area contributed by atoms with Gasteiger partial charge in [-0.1, -0.05) is 35.9 Å². The van der Waals surface area contributed by atoms with Crippen LogP contribution in [0.4, 0.5) is 0 Å². The highest BCUT2D eigenvalue weighted by Gasteiger charge is 2.24. The van der Waals surface area contributed by atoms with Crippen LogP contribution in [-0.4, -0.2) is 29.7 Å². The van der Waals surface area contributed by atoms with E-state index in [-0.39, 0.29) is 5.56 Å². The molecule has 0 aliphatic rings. The van der Waals surface area contributed by atoms with Gasteiger partial charge in [0.15, 0.2) is 5.65 Å². The molecule has 1 N–H and O–H groups in total. The maximum atomic E-state index is 13.4. The number of H-pyrrole nitrogens is 1. The summed E-state index contributed by atoms with van der Waals surface area (Å²) in [7, 11) is 0. The largest absolute Gasteiger partial charge is 0.268 e. The van der Waals surface area contributed by atoms with Crippen LogP contribution in [0.1, 0.15) is 16.8 Å². The third kappa shape index (κ3) is 2.88. The Morgan fingerprint density at radius 1 is 1.03 bits per heavy atom. The fourth-order valence-electron chi connectivity index (χ4n) is 3.32. The van der Waals surface area contributed by atoms with Crippen LogP contribution in [0, 0.1) is 0 Å². The molecule has 0 amide bonds. The first-order valence-corrected chi connectivity index (χ1v) is 9.63. The third-order valence-corrected chi connectivity index (χ3v) is 5.47. The summed E-state index contributed by atoms with van der Waals surface area (Å²) < 4.78 is 1.50. The molecule has 142 valence electrons. The zero-order valence-corrected chi connectivity index (χ0v) is 16.5. The molecule has 5 aromatic rings. The molecule has 0 spiro atoms. The molecular formula is C20H13ClN6OS. The predicted molar refractivity (Wildman–Crippen MR) is 115 cm³/mol. The molecule has 3 heterocycles. The molecule has 1 unspecified atom stereocenters. The molecular weight excluding hydrogens is 408 g/mol. The number of hydrogen-bond donors (Lipinski definition) is 2. The van der Waals surface area contributed by atoms with Crippen LogP contribution in [0.2, 0.25) is 5.02 Å². The highest BCUT2D eigenvalue weighted by atomic mass is 35.5. The minimum absolute atomic E-state index is 0.227. The average Bonchev–Trinajstić information content (AvgIpc) is 3.23. The van der Waals surface area contributed by atoms with E-state index in [4.69, 9.17) is 29.2 Å². The van der Waals surface area contributed by atoms with Gasteiger partial charge < -0.3 is 0 Å². The minimum atomic E-state index is -0.619. The van der Waals surface area contributed by atoms with Crippen molar-refractivity contribution in [3.63, 3.8) is 0 Å². The number of benzene rings is 2. The number of fused-ring (bicyclic) bond motifs is 2. The second-order valence-electron chi connectivity index (χ2n) is 6.37. The Bertz CT molecular complexity index is 1430. The van der Waals surface area contributed by atoms with E-state index >= 15 is 0 Å². The molecule has 9 heteroatoms. The fraction of sp³-hybridized carbons (Fsp3) is 0.0500. The Balaban J connectivity index is 1.85. The monoisotopic (exact) mass is 420 g/mol. The van der Waals surface area contributed by atoms with Crippen molar-refractivity contribution in [2.24, 2.45) is 0 Å². The molecule has 3 aromatic heterocycles. The highest BCUT2D eigenvalue weighted by molar-refractivity contribution is 7.80. The first-order valence-electron chi connectivity index (χ1n) is 8.74. The standard InChI is InChI=1S/C20H13ClN6OS/c21-13-6-2-4-8-15(13)27-19(25-14-7-3-1-5-11(14)20(27)28)17(29)16-12-9-24-26-18(12)23-10-22-16/h1-10,17,29H,(H,22,23,24,26). The van der Waals surface area contributed by atoms with Gasteiger partial charge in [0, 0.05) is 0 Å². The van der Waals surface area contributed by atoms with E-state index < -0.39 is 5.25 Å². The summed E-state index contributed by atoms with van der Waals surface area (Å²) >= 11 is 11.2. The molecule has 0 aliphatic heterocycles. The smallest absolute Gasteiger partial charge is 0.266 e. The SMILES string of the molecule is O=c1c2ccccc2nc(C(S)c2ncnc3[nH]ncc23)n1-c1ccccc1Cl. The molecule has 0 aliphatic carbocycles. The summed E-state index contributed by atoms with van der Waals surface area (Å²) in [6.45, 7) is 0. The number of rotatable bonds is 3. The van der Waals surface area contributed by atoms with Gasteiger partial charge in [0.25, 0.3) is 5.56 Å². The molecule has 0 saturated carbocycles. The van der Waals surface area contributed by atoms with Crippen molar-refractivity contribution in [3.05, 3.63) is 87.9 Å². The van der Waals surface area contributed by atoms with Gasteiger partial charge >= 0.3 is 0 Å². The number of para-hydroxylation sites is 2. The molecule has 29 heavy (non-hydrogen) atoms. The number of halogens is 1. The molecule has 7 nitrogen and oxygen atoms in total. The van der Waals surface area contributed by atoms with Crippen molar-refractivity contribution in [2.45, 2.75) is 5.25 Å². The second kappa shape index (κ2) is 6.98. The Kier molecular flexibility index (Phi) is 4.30. The number of nitrogens with one attached hydrogen (secondary N) is 1. The minimum Gasteiger partial charge on any atom is -0.268 e. The fourth-order valence-corrected chi connectivity index (χ4v) is 3.92. The van der Waals surface area contributed by atoms with Crippen LogP contribution in [0.15, 0.2) is 65.8 Å². The van der Waals surface area contributed by atoms with Gasteiger partial charge in [0.05, 0.1) is 38.9 Å². The number of hydrogen-bond acceptors (Lipinski definition) is 6. The summed E-state index contributed by atoms with van der Waals surface area (Å²) in [5.41, 5.74) is 2.06. The Morgan fingerprint density at radius 2 is 1.83 bits per heavy atom. The summed E-state index contributed by atoms with van der Waals surface area (Å²) in [4.78, 5) is 26.7. The van der Waals surface area contributed by atoms with Crippen molar-refractivity contribution >= 4 is 46.2 Å². The van der Waals surface area contributed by atoms with E-state index in [0.29, 0.717) is 44.2 Å². The normalized spacial score (nSPS) is 12.5. The lowest BCUT2D eigenvalue weighted by Gasteiger charge is -2.19. The second-order valence-corrected chi connectivity index (χ2v) is 7.30. The van der Waals surface area contributed by atoms with Crippen LogP contribution in [0.25, 0.3) is 27.6 Å². The molecule has 0 bridgehead atoms. The van der Waals surface area contributed by atoms with E-state index in [2.05, 4.69) is 20.2 Å². The van der Waals surface area contributed by atoms with Gasteiger partial charge in [-0.3, -0.25) is 14.5 Å². The van der Waals surface area contributed by atoms with Crippen LogP contribution in [0.5, 0.6) is 0 Å². The van der Waals surface area contributed by atoms with Gasteiger partial charge in [0.2, 0.25) is 0 Å². The zero-order valence-electron chi connectivity index (χ0n) is 14.8. The van der Waals surface area contributed by atoms with Gasteiger partial charge in [-0.2, -0.15) is 17.7 Å².